The van der Waals surface area contributed by atoms with Gasteiger partial charge in [-0.1, -0.05) is 72.7 Å². The molecule has 2 aromatic carbocycles. The number of aromatic nitrogens is 3. The highest BCUT2D eigenvalue weighted by Crippen LogP contribution is 2.42. The van der Waals surface area contributed by atoms with Gasteiger partial charge in [-0.25, -0.2) is 9.78 Å². The number of aromatic carboxylic acids is 1. The zero-order valence-electron chi connectivity index (χ0n) is 20.1. The summed E-state index contributed by atoms with van der Waals surface area (Å²) in [5.41, 5.74) is 2.51. The molecule has 37 heavy (non-hydrogen) atoms. The second-order valence-corrected chi connectivity index (χ2v) is 11.8. The first-order valence-corrected chi connectivity index (χ1v) is 13.7. The highest BCUT2D eigenvalue weighted by molar-refractivity contribution is 8.01. The van der Waals surface area contributed by atoms with Crippen LogP contribution >= 0.6 is 46.3 Å². The van der Waals surface area contributed by atoms with Gasteiger partial charge in [-0.05, 0) is 25.5 Å². The van der Waals surface area contributed by atoms with Gasteiger partial charge >= 0.3 is 5.97 Å². The van der Waals surface area contributed by atoms with Gasteiger partial charge in [0.1, 0.15) is 0 Å². The number of thiazole rings is 1. The molecule has 1 N–H and O–H groups in total. The molecular weight excluding hydrogens is 555 g/mol. The average Bonchev–Trinajstić information content (AvgIpc) is 3.42. The van der Waals surface area contributed by atoms with Crippen molar-refractivity contribution in [1.82, 2.24) is 14.8 Å². The van der Waals surface area contributed by atoms with E-state index in [1.807, 2.05) is 6.07 Å². The number of hydrogen-bond acceptors (Lipinski definition) is 7. The number of carbonyl (C=O) groups is 1. The van der Waals surface area contributed by atoms with E-state index in [1.54, 1.807) is 49.0 Å². The molecular formula is C25H22Cl2N4O4S2. The van der Waals surface area contributed by atoms with E-state index in [2.05, 4.69) is 18.9 Å². The molecule has 0 radical (unpaired) electrons. The fraction of sp³-hybridized carbons (Fsp3) is 0.240. The number of hydrogen-bond donors (Lipinski definition) is 1. The SMILES string of the molecule is CCC(C)Sc1sc(-n2nc(C)c(Cc3ccccc3[N+](=O)[O-])c2C(=O)O)nc1-c1ccc(Cl)c(Cl)c1. The molecule has 0 spiro atoms. The third-order valence-electron chi connectivity index (χ3n) is 5.78. The summed E-state index contributed by atoms with van der Waals surface area (Å²) in [6.45, 7) is 5.89. The van der Waals surface area contributed by atoms with Crippen LogP contribution in [0.5, 0.6) is 0 Å². The lowest BCUT2D eigenvalue weighted by Gasteiger charge is -2.08. The van der Waals surface area contributed by atoms with Gasteiger partial charge in [0, 0.05) is 34.4 Å². The Labute approximate surface area is 231 Å². The standard InChI is InChI=1S/C25H22Cl2N4O4S2/c1-4-13(2)36-24-21(16-9-10-18(26)19(27)12-16)28-25(37-24)30-22(23(32)33)17(14(3)29-30)11-15-7-5-6-8-20(15)31(34)35/h5-10,12-13H,4,11H2,1-3H3,(H,32,33). The second kappa shape index (κ2) is 11.2. The largest absolute Gasteiger partial charge is 0.476 e. The van der Waals surface area contributed by atoms with E-state index in [0.29, 0.717) is 42.9 Å². The Morgan fingerprint density at radius 3 is 2.62 bits per heavy atom. The molecule has 2 heterocycles. The number of benzene rings is 2. The summed E-state index contributed by atoms with van der Waals surface area (Å²) in [4.78, 5) is 28.3. The van der Waals surface area contributed by atoms with Crippen LogP contribution in [-0.2, 0) is 6.42 Å². The van der Waals surface area contributed by atoms with Gasteiger partial charge in [-0.2, -0.15) is 9.78 Å². The van der Waals surface area contributed by atoms with E-state index >= 15 is 0 Å². The van der Waals surface area contributed by atoms with Gasteiger partial charge in [0.05, 0.1) is 30.6 Å². The van der Waals surface area contributed by atoms with Crippen molar-refractivity contribution in [3.05, 3.63) is 85.1 Å². The Hall–Kier alpha value is -2.92. The number of aryl methyl sites for hydroxylation is 1. The third-order valence-corrected chi connectivity index (χ3v) is 9.03. The van der Waals surface area contributed by atoms with Crippen molar-refractivity contribution in [2.45, 2.75) is 43.1 Å². The quantitative estimate of drug-likeness (QED) is 0.123. The van der Waals surface area contributed by atoms with Gasteiger partial charge in [-0.15, -0.1) is 11.8 Å². The monoisotopic (exact) mass is 576 g/mol. The normalized spacial score (nSPS) is 12.0. The lowest BCUT2D eigenvalue weighted by molar-refractivity contribution is -0.385. The lowest BCUT2D eigenvalue weighted by Crippen LogP contribution is -2.10. The minimum Gasteiger partial charge on any atom is -0.476 e. The predicted molar refractivity (Wildman–Crippen MR) is 148 cm³/mol. The zero-order valence-corrected chi connectivity index (χ0v) is 23.2. The summed E-state index contributed by atoms with van der Waals surface area (Å²) in [7, 11) is 0. The summed E-state index contributed by atoms with van der Waals surface area (Å²) < 4.78 is 2.21. The first kappa shape index (κ1) is 27.1. The molecule has 0 amide bonds. The zero-order chi connectivity index (χ0) is 26.9. The van der Waals surface area contributed by atoms with E-state index < -0.39 is 10.9 Å². The summed E-state index contributed by atoms with van der Waals surface area (Å²) in [5, 5.41) is 27.7. The summed E-state index contributed by atoms with van der Waals surface area (Å²) in [6, 6.07) is 11.5. The van der Waals surface area contributed by atoms with Crippen molar-refractivity contribution in [3.8, 4) is 16.4 Å². The molecule has 192 valence electrons. The smallest absolute Gasteiger partial charge is 0.355 e. The van der Waals surface area contributed by atoms with Crippen molar-refractivity contribution >= 4 is 58.0 Å². The minimum absolute atomic E-state index is 0.0458. The van der Waals surface area contributed by atoms with Crippen LogP contribution in [0, 0.1) is 17.0 Å². The fourth-order valence-electron chi connectivity index (χ4n) is 3.72. The fourth-order valence-corrected chi connectivity index (χ4v) is 6.51. The summed E-state index contributed by atoms with van der Waals surface area (Å²) >= 11 is 15.4. The van der Waals surface area contributed by atoms with Crippen LogP contribution < -0.4 is 0 Å². The molecule has 12 heteroatoms. The molecule has 4 rings (SSSR count). The van der Waals surface area contributed by atoms with Crippen molar-refractivity contribution in [2.75, 3.05) is 0 Å². The van der Waals surface area contributed by atoms with Gasteiger partial charge < -0.3 is 5.11 Å². The van der Waals surface area contributed by atoms with E-state index in [1.165, 1.54) is 22.1 Å². The van der Waals surface area contributed by atoms with Crippen LogP contribution in [0.3, 0.4) is 0 Å². The number of halogens is 2. The van der Waals surface area contributed by atoms with Crippen LogP contribution in [0.15, 0.2) is 46.7 Å². The predicted octanol–water partition coefficient (Wildman–Crippen LogP) is 7.70. The van der Waals surface area contributed by atoms with Crippen LogP contribution in [0.25, 0.3) is 16.4 Å². The molecule has 0 aliphatic carbocycles. The molecule has 1 atom stereocenters. The van der Waals surface area contributed by atoms with Crippen molar-refractivity contribution in [3.63, 3.8) is 0 Å². The van der Waals surface area contributed by atoms with Gasteiger partial charge in [0.15, 0.2) is 5.69 Å². The van der Waals surface area contributed by atoms with E-state index in [9.17, 15) is 20.0 Å². The number of nitrogens with zero attached hydrogens (tertiary/aromatic N) is 4. The minimum atomic E-state index is -1.20. The number of nitro groups is 1. The van der Waals surface area contributed by atoms with Crippen molar-refractivity contribution in [1.29, 1.82) is 0 Å². The molecule has 4 aromatic rings. The molecule has 0 saturated heterocycles. The number of carboxylic acids is 1. The Morgan fingerprint density at radius 1 is 1.24 bits per heavy atom. The van der Waals surface area contributed by atoms with Crippen molar-refractivity contribution < 1.29 is 14.8 Å². The Kier molecular flexibility index (Phi) is 8.23. The Balaban J connectivity index is 1.86. The molecule has 0 aliphatic heterocycles. The number of para-hydroxylation sites is 1. The number of thioether (sulfide) groups is 1. The Morgan fingerprint density at radius 2 is 1.97 bits per heavy atom. The highest BCUT2D eigenvalue weighted by atomic mass is 35.5. The van der Waals surface area contributed by atoms with Gasteiger partial charge in [0.2, 0.25) is 5.13 Å². The molecule has 0 bridgehead atoms. The van der Waals surface area contributed by atoms with Gasteiger partial charge in [0.25, 0.3) is 5.69 Å². The van der Waals surface area contributed by atoms with E-state index in [-0.39, 0.29) is 17.8 Å². The molecule has 0 fully saturated rings. The van der Waals surface area contributed by atoms with Crippen molar-refractivity contribution in [2.24, 2.45) is 0 Å². The second-order valence-electron chi connectivity index (χ2n) is 8.29. The molecule has 0 aliphatic rings. The van der Waals surface area contributed by atoms with Crippen LogP contribution in [0.4, 0.5) is 5.69 Å². The number of carboxylic acid groups (broad SMARTS) is 1. The maximum atomic E-state index is 12.5. The average molecular weight is 578 g/mol. The highest BCUT2D eigenvalue weighted by Gasteiger charge is 2.27. The topological polar surface area (TPSA) is 111 Å². The molecule has 1 unspecified atom stereocenters. The van der Waals surface area contributed by atoms with Crippen LogP contribution in [0.2, 0.25) is 10.0 Å². The van der Waals surface area contributed by atoms with E-state index in [4.69, 9.17) is 28.2 Å². The van der Waals surface area contributed by atoms with Crippen LogP contribution in [0.1, 0.15) is 47.6 Å². The maximum Gasteiger partial charge on any atom is 0.355 e. The number of nitro benzene ring substituents is 1. The first-order valence-electron chi connectivity index (χ1n) is 11.3. The maximum absolute atomic E-state index is 12.5. The first-order chi connectivity index (χ1) is 17.6. The lowest BCUT2D eigenvalue weighted by atomic mass is 10.0. The number of rotatable bonds is 9. The van der Waals surface area contributed by atoms with Gasteiger partial charge in [-0.3, -0.25) is 10.1 Å². The molecule has 8 nitrogen and oxygen atoms in total. The summed E-state index contributed by atoms with van der Waals surface area (Å²) in [5.74, 6) is -1.20. The van der Waals surface area contributed by atoms with E-state index in [0.717, 1.165) is 16.2 Å². The third kappa shape index (κ3) is 5.67. The molecule has 2 aromatic heterocycles. The molecule has 0 saturated carbocycles. The Bertz CT molecular complexity index is 1500. The van der Waals surface area contributed by atoms with Crippen LogP contribution in [-0.4, -0.2) is 36.0 Å². The summed E-state index contributed by atoms with van der Waals surface area (Å²) in [6.07, 6.45) is 0.976.